The highest BCUT2D eigenvalue weighted by atomic mass is 16.5. The topological polar surface area (TPSA) is 46.5 Å². The highest BCUT2D eigenvalue weighted by Crippen LogP contribution is 2.47. The van der Waals surface area contributed by atoms with Crippen molar-refractivity contribution in [1.82, 2.24) is 4.98 Å². The fourth-order valence-corrected chi connectivity index (χ4v) is 6.14. The van der Waals surface area contributed by atoms with Crippen LogP contribution in [-0.2, 0) is 6.54 Å². The molecule has 1 aromatic heterocycles. The van der Waals surface area contributed by atoms with E-state index in [2.05, 4.69) is 32.7 Å². The Morgan fingerprint density at radius 3 is 2.79 bits per heavy atom. The van der Waals surface area contributed by atoms with Gasteiger partial charge in [0.1, 0.15) is 12.3 Å². The van der Waals surface area contributed by atoms with Crippen molar-refractivity contribution in [2.45, 2.75) is 72.9 Å². The third-order valence-electron chi connectivity index (χ3n) is 6.84. The predicted octanol–water partition coefficient (Wildman–Crippen LogP) is 3.61. The molecule has 4 rings (SSSR count). The van der Waals surface area contributed by atoms with E-state index in [1.54, 1.807) is 4.90 Å². The minimum absolute atomic E-state index is 0.173. The van der Waals surface area contributed by atoms with Gasteiger partial charge in [-0.3, -0.25) is 4.79 Å². The lowest BCUT2D eigenvalue weighted by Crippen LogP contribution is -3.12. The number of aromatic amines is 1. The van der Waals surface area contributed by atoms with Gasteiger partial charge in [0.25, 0.3) is 0 Å². The van der Waals surface area contributed by atoms with E-state index in [1.165, 1.54) is 25.8 Å². The summed E-state index contributed by atoms with van der Waals surface area (Å²) < 4.78 is 5.76. The molecule has 1 aromatic carbocycles. The molecule has 152 valence electrons. The largest absolute Gasteiger partial charge is 0.494 e. The van der Waals surface area contributed by atoms with Crippen molar-refractivity contribution in [3.05, 3.63) is 39.7 Å². The summed E-state index contributed by atoms with van der Waals surface area (Å²) in [6, 6.07) is 6.50. The monoisotopic (exact) mass is 383 g/mol. The van der Waals surface area contributed by atoms with Crippen LogP contribution in [0.15, 0.2) is 23.0 Å². The van der Waals surface area contributed by atoms with Crippen LogP contribution in [0.1, 0.15) is 64.6 Å². The van der Waals surface area contributed by atoms with Gasteiger partial charge in [-0.15, -0.1) is 0 Å². The molecule has 4 heteroatoms. The summed E-state index contributed by atoms with van der Waals surface area (Å²) in [7, 11) is 0. The number of fused-ring (bicyclic) bond motifs is 3. The van der Waals surface area contributed by atoms with Crippen molar-refractivity contribution in [2.75, 3.05) is 13.2 Å². The maximum atomic E-state index is 13.4. The summed E-state index contributed by atoms with van der Waals surface area (Å²) in [6.45, 7) is 14.1. The summed E-state index contributed by atoms with van der Waals surface area (Å²) in [5, 5.41) is 0.752. The molecule has 1 saturated carbocycles. The number of aromatic nitrogens is 1. The van der Waals surface area contributed by atoms with Crippen LogP contribution in [-0.4, -0.2) is 24.2 Å². The first kappa shape index (κ1) is 19.5. The zero-order chi connectivity index (χ0) is 20.1. The van der Waals surface area contributed by atoms with Crippen molar-refractivity contribution in [3.63, 3.8) is 0 Å². The van der Waals surface area contributed by atoms with Crippen LogP contribution in [0.3, 0.4) is 0 Å². The molecule has 0 amide bonds. The van der Waals surface area contributed by atoms with Gasteiger partial charge in [-0.25, -0.2) is 0 Å². The third-order valence-corrected chi connectivity index (χ3v) is 6.84. The molecule has 4 nitrogen and oxygen atoms in total. The number of quaternary nitrogens is 1. The summed E-state index contributed by atoms with van der Waals surface area (Å²) >= 11 is 0. The minimum Gasteiger partial charge on any atom is -0.494 e. The lowest BCUT2D eigenvalue weighted by molar-refractivity contribution is -0.928. The van der Waals surface area contributed by atoms with Crippen molar-refractivity contribution in [3.8, 4) is 5.75 Å². The van der Waals surface area contributed by atoms with Crippen molar-refractivity contribution < 1.29 is 9.64 Å². The fourth-order valence-electron chi connectivity index (χ4n) is 6.14. The van der Waals surface area contributed by atoms with Gasteiger partial charge in [0.2, 0.25) is 0 Å². The van der Waals surface area contributed by atoms with E-state index >= 15 is 0 Å². The van der Waals surface area contributed by atoms with Crippen LogP contribution in [0.4, 0.5) is 0 Å². The van der Waals surface area contributed by atoms with Gasteiger partial charge in [0, 0.05) is 34.9 Å². The molecule has 1 saturated heterocycles. The second-order valence-electron chi connectivity index (χ2n) is 10.4. The molecule has 2 fully saturated rings. The second-order valence-corrected chi connectivity index (χ2v) is 10.4. The lowest BCUT2D eigenvalue weighted by Gasteiger charge is -2.37. The van der Waals surface area contributed by atoms with Gasteiger partial charge in [-0.05, 0) is 43.4 Å². The molecule has 0 radical (unpaired) electrons. The van der Waals surface area contributed by atoms with Crippen LogP contribution in [0.2, 0.25) is 0 Å². The number of benzene rings is 1. The average molecular weight is 384 g/mol. The molecule has 1 aliphatic heterocycles. The molecule has 3 atom stereocenters. The Balaban J connectivity index is 1.66. The summed E-state index contributed by atoms with van der Waals surface area (Å²) in [4.78, 5) is 18.4. The van der Waals surface area contributed by atoms with Gasteiger partial charge in [0.15, 0.2) is 5.43 Å². The first-order valence-electron chi connectivity index (χ1n) is 10.8. The first-order valence-corrected chi connectivity index (χ1v) is 10.8. The Morgan fingerprint density at radius 1 is 1.25 bits per heavy atom. The van der Waals surface area contributed by atoms with E-state index in [4.69, 9.17) is 4.74 Å². The van der Waals surface area contributed by atoms with Crippen LogP contribution < -0.4 is 15.1 Å². The molecule has 28 heavy (non-hydrogen) atoms. The molecule has 2 N–H and O–H groups in total. The van der Waals surface area contributed by atoms with E-state index in [0.717, 1.165) is 40.9 Å². The zero-order valence-electron chi connectivity index (χ0n) is 18.1. The van der Waals surface area contributed by atoms with Crippen LogP contribution in [0, 0.1) is 17.8 Å². The molecule has 2 bridgehead atoms. The Kier molecular flexibility index (Phi) is 4.81. The van der Waals surface area contributed by atoms with E-state index in [-0.39, 0.29) is 5.43 Å². The Labute approximate surface area is 168 Å². The van der Waals surface area contributed by atoms with Gasteiger partial charge < -0.3 is 14.6 Å². The number of nitrogens with one attached hydrogen (secondary N) is 2. The van der Waals surface area contributed by atoms with Crippen LogP contribution in [0.5, 0.6) is 5.75 Å². The SMILES string of the molecule is CCCOc1ccc2[nH]c(C)c(C[NH+]3CC4(C)CC3CC(C)(C)C4)c(=O)c2c1. The van der Waals surface area contributed by atoms with Crippen molar-refractivity contribution in [2.24, 2.45) is 10.8 Å². The summed E-state index contributed by atoms with van der Waals surface area (Å²) in [6.07, 6.45) is 4.82. The summed E-state index contributed by atoms with van der Waals surface area (Å²) in [5.74, 6) is 0.785. The molecular weight excluding hydrogens is 348 g/mol. The third kappa shape index (κ3) is 3.59. The second kappa shape index (κ2) is 6.91. The van der Waals surface area contributed by atoms with Crippen LogP contribution >= 0.6 is 0 Å². The number of hydrogen-bond donors (Lipinski definition) is 2. The molecule has 3 unspecified atom stereocenters. The maximum absolute atomic E-state index is 13.4. The molecule has 2 aromatic rings. The number of rotatable bonds is 5. The van der Waals surface area contributed by atoms with Gasteiger partial charge in [0.05, 0.1) is 24.8 Å². The smallest absolute Gasteiger partial charge is 0.198 e. The molecule has 2 heterocycles. The number of hydrogen-bond acceptors (Lipinski definition) is 2. The van der Waals surface area contributed by atoms with E-state index in [9.17, 15) is 4.79 Å². The highest BCUT2D eigenvalue weighted by molar-refractivity contribution is 5.81. The van der Waals surface area contributed by atoms with Crippen molar-refractivity contribution >= 4 is 10.9 Å². The number of aryl methyl sites for hydroxylation is 1. The molecule has 1 aliphatic carbocycles. The predicted molar refractivity (Wildman–Crippen MR) is 114 cm³/mol. The lowest BCUT2D eigenvalue weighted by atomic mass is 9.65. The van der Waals surface area contributed by atoms with Gasteiger partial charge >= 0.3 is 0 Å². The fraction of sp³-hybridized carbons (Fsp3) is 0.625. The first-order chi connectivity index (χ1) is 13.2. The standard InChI is InChI=1S/C24H34N2O2/c1-6-9-28-18-7-8-21-19(10-18)22(27)20(16(2)25-21)13-26-15-24(5)12-17(26)11-23(3,4)14-24/h7-8,10,17H,6,9,11-15H2,1-5H3,(H,25,27)/p+1. The quantitative estimate of drug-likeness (QED) is 0.829. The number of H-pyrrole nitrogens is 1. The minimum atomic E-state index is 0.173. The molecule has 0 spiro atoms. The Morgan fingerprint density at radius 2 is 2.04 bits per heavy atom. The zero-order valence-corrected chi connectivity index (χ0v) is 18.1. The van der Waals surface area contributed by atoms with E-state index in [1.807, 2.05) is 25.1 Å². The Bertz CT molecular complexity index is 946. The summed E-state index contributed by atoms with van der Waals surface area (Å²) in [5.41, 5.74) is 3.86. The number of pyridine rings is 1. The molecule has 2 aliphatic rings. The highest BCUT2D eigenvalue weighted by Gasteiger charge is 2.52. The van der Waals surface area contributed by atoms with Crippen LogP contribution in [0.25, 0.3) is 10.9 Å². The van der Waals surface area contributed by atoms with E-state index < -0.39 is 0 Å². The number of likely N-dealkylation sites (tertiary alicyclic amines) is 1. The van der Waals surface area contributed by atoms with E-state index in [0.29, 0.717) is 23.5 Å². The number of ether oxygens (including phenoxy) is 1. The van der Waals surface area contributed by atoms with Gasteiger partial charge in [-0.1, -0.05) is 27.7 Å². The normalized spacial score (nSPS) is 28.6. The van der Waals surface area contributed by atoms with Gasteiger partial charge in [-0.2, -0.15) is 0 Å². The van der Waals surface area contributed by atoms with Crippen molar-refractivity contribution in [1.29, 1.82) is 0 Å². The maximum Gasteiger partial charge on any atom is 0.198 e. The molecular formula is C24H35N2O2+. The Hall–Kier alpha value is -1.81. The average Bonchev–Trinajstić information content (AvgIpc) is 2.85.